The number of hydrogen-bond donors (Lipinski definition) is 1. The van der Waals surface area contributed by atoms with Gasteiger partial charge in [-0.05, 0) is 49.4 Å². The average Bonchev–Trinajstić information content (AvgIpc) is 2.44. The Morgan fingerprint density at radius 2 is 1.47 bits per heavy atom. The van der Waals surface area contributed by atoms with Crippen molar-refractivity contribution in [3.63, 3.8) is 0 Å². The van der Waals surface area contributed by atoms with Crippen LogP contribution in [0.5, 0.6) is 0 Å². The average molecular weight is 268 g/mol. The Morgan fingerprint density at radius 3 is 1.95 bits per heavy atom. The van der Waals surface area contributed by atoms with Gasteiger partial charge in [0.05, 0.1) is 6.10 Å². The lowest BCUT2D eigenvalue weighted by atomic mass is 9.71. The molecule has 0 radical (unpaired) electrons. The smallest absolute Gasteiger partial charge is 0.0983 e. The quantitative estimate of drug-likeness (QED) is 0.543. The lowest BCUT2D eigenvalue weighted by Gasteiger charge is -2.38. The zero-order valence-corrected chi connectivity index (χ0v) is 12.8. The second-order valence-electron chi connectivity index (χ2n) is 7.16. The SMILES string of the molecule is CCCC1CCC(C(OO)C2CCC(C)CC2)CC1. The van der Waals surface area contributed by atoms with E-state index in [0.29, 0.717) is 11.8 Å². The molecule has 0 aliphatic heterocycles. The first-order valence-electron chi connectivity index (χ1n) is 8.54. The van der Waals surface area contributed by atoms with E-state index in [9.17, 15) is 5.26 Å². The van der Waals surface area contributed by atoms with Gasteiger partial charge in [0.1, 0.15) is 0 Å². The minimum absolute atomic E-state index is 0.120. The fraction of sp³-hybridized carbons (Fsp3) is 1.00. The molecule has 0 aromatic carbocycles. The van der Waals surface area contributed by atoms with Crippen LogP contribution in [0.1, 0.15) is 78.1 Å². The van der Waals surface area contributed by atoms with Gasteiger partial charge in [0.15, 0.2) is 0 Å². The second kappa shape index (κ2) is 7.64. The van der Waals surface area contributed by atoms with Gasteiger partial charge in [-0.15, -0.1) is 0 Å². The molecule has 0 heterocycles. The van der Waals surface area contributed by atoms with Crippen LogP contribution in [-0.2, 0) is 4.89 Å². The maximum absolute atomic E-state index is 9.37. The molecule has 2 saturated carbocycles. The van der Waals surface area contributed by atoms with E-state index in [1.54, 1.807) is 0 Å². The van der Waals surface area contributed by atoms with Crippen molar-refractivity contribution in [1.82, 2.24) is 0 Å². The Balaban J connectivity index is 1.82. The predicted molar refractivity (Wildman–Crippen MR) is 79.0 cm³/mol. The highest BCUT2D eigenvalue weighted by Gasteiger charge is 2.35. The molecule has 19 heavy (non-hydrogen) atoms. The number of hydrogen-bond acceptors (Lipinski definition) is 2. The zero-order valence-electron chi connectivity index (χ0n) is 12.8. The third kappa shape index (κ3) is 4.19. The summed E-state index contributed by atoms with van der Waals surface area (Å²) in [5.74, 6) is 3.02. The molecule has 2 heteroatoms. The van der Waals surface area contributed by atoms with E-state index >= 15 is 0 Å². The Hall–Kier alpha value is -0.0800. The standard InChI is InChI=1S/C17H32O2/c1-3-4-14-7-11-16(12-8-14)17(19-18)15-9-5-13(2)6-10-15/h13-18H,3-12H2,1-2H3. The predicted octanol–water partition coefficient (Wildman–Crippen LogP) is 5.28. The first kappa shape index (κ1) is 15.3. The zero-order chi connectivity index (χ0) is 13.7. The molecule has 2 fully saturated rings. The maximum atomic E-state index is 9.37. The van der Waals surface area contributed by atoms with Crippen molar-refractivity contribution in [1.29, 1.82) is 0 Å². The van der Waals surface area contributed by atoms with Gasteiger partial charge in [-0.2, -0.15) is 0 Å². The van der Waals surface area contributed by atoms with Gasteiger partial charge in [-0.25, -0.2) is 4.89 Å². The van der Waals surface area contributed by atoms with Crippen LogP contribution in [0.4, 0.5) is 0 Å². The topological polar surface area (TPSA) is 29.5 Å². The van der Waals surface area contributed by atoms with E-state index in [1.165, 1.54) is 64.2 Å². The highest BCUT2D eigenvalue weighted by atomic mass is 17.1. The molecule has 2 nitrogen and oxygen atoms in total. The molecule has 1 N–H and O–H groups in total. The Kier molecular flexibility index (Phi) is 6.15. The van der Waals surface area contributed by atoms with Gasteiger partial charge in [0.2, 0.25) is 0 Å². The molecule has 1 unspecified atom stereocenters. The molecule has 0 saturated heterocycles. The van der Waals surface area contributed by atoms with Gasteiger partial charge < -0.3 is 0 Å². The third-order valence-corrected chi connectivity index (χ3v) is 5.70. The summed E-state index contributed by atoms with van der Waals surface area (Å²) in [5, 5.41) is 9.37. The summed E-state index contributed by atoms with van der Waals surface area (Å²) in [6.07, 6.45) is 13.2. The molecule has 2 aliphatic rings. The number of rotatable bonds is 5. The summed E-state index contributed by atoms with van der Waals surface area (Å²) in [6, 6.07) is 0. The van der Waals surface area contributed by atoms with E-state index in [4.69, 9.17) is 4.89 Å². The molecule has 2 rings (SSSR count). The molecule has 2 aliphatic carbocycles. The van der Waals surface area contributed by atoms with Crippen LogP contribution in [-0.4, -0.2) is 11.4 Å². The van der Waals surface area contributed by atoms with E-state index in [0.717, 1.165) is 11.8 Å². The second-order valence-corrected chi connectivity index (χ2v) is 7.16. The van der Waals surface area contributed by atoms with Gasteiger partial charge in [-0.1, -0.05) is 52.4 Å². The first-order valence-corrected chi connectivity index (χ1v) is 8.54. The van der Waals surface area contributed by atoms with Gasteiger partial charge >= 0.3 is 0 Å². The van der Waals surface area contributed by atoms with Gasteiger partial charge in [0, 0.05) is 0 Å². The normalized spacial score (nSPS) is 38.1. The molecular formula is C17H32O2. The van der Waals surface area contributed by atoms with Crippen molar-refractivity contribution in [2.24, 2.45) is 23.7 Å². The van der Waals surface area contributed by atoms with Crippen LogP contribution >= 0.6 is 0 Å². The van der Waals surface area contributed by atoms with Crippen LogP contribution in [0.25, 0.3) is 0 Å². The molecule has 1 atom stereocenters. The molecule has 0 spiro atoms. The van der Waals surface area contributed by atoms with Crippen LogP contribution in [0.3, 0.4) is 0 Å². The van der Waals surface area contributed by atoms with Crippen molar-refractivity contribution in [2.45, 2.75) is 84.2 Å². The Bertz CT molecular complexity index is 238. The third-order valence-electron chi connectivity index (χ3n) is 5.70. The highest BCUT2D eigenvalue weighted by Crippen LogP contribution is 2.40. The summed E-state index contributed by atoms with van der Waals surface area (Å²) in [7, 11) is 0. The van der Waals surface area contributed by atoms with Crippen LogP contribution in [0.15, 0.2) is 0 Å². The fourth-order valence-electron chi connectivity index (χ4n) is 4.39. The van der Waals surface area contributed by atoms with E-state index in [2.05, 4.69) is 13.8 Å². The Morgan fingerprint density at radius 1 is 0.947 bits per heavy atom. The lowest BCUT2D eigenvalue weighted by Crippen LogP contribution is -2.36. The summed E-state index contributed by atoms with van der Waals surface area (Å²) in [4.78, 5) is 4.96. The minimum Gasteiger partial charge on any atom is -0.252 e. The molecule has 112 valence electrons. The maximum Gasteiger partial charge on any atom is 0.0983 e. The van der Waals surface area contributed by atoms with Gasteiger partial charge in [-0.3, -0.25) is 5.26 Å². The molecule has 0 amide bonds. The van der Waals surface area contributed by atoms with Crippen molar-refractivity contribution in [3.05, 3.63) is 0 Å². The largest absolute Gasteiger partial charge is 0.252 e. The van der Waals surface area contributed by atoms with Crippen molar-refractivity contribution in [2.75, 3.05) is 0 Å². The molecule has 0 aromatic rings. The highest BCUT2D eigenvalue weighted by molar-refractivity contribution is 4.84. The van der Waals surface area contributed by atoms with Crippen molar-refractivity contribution >= 4 is 0 Å². The van der Waals surface area contributed by atoms with Gasteiger partial charge in [0.25, 0.3) is 0 Å². The van der Waals surface area contributed by atoms with Crippen molar-refractivity contribution in [3.8, 4) is 0 Å². The van der Waals surface area contributed by atoms with E-state index < -0.39 is 0 Å². The minimum atomic E-state index is 0.120. The molecular weight excluding hydrogens is 236 g/mol. The van der Waals surface area contributed by atoms with Crippen LogP contribution in [0, 0.1) is 23.7 Å². The summed E-state index contributed by atoms with van der Waals surface area (Å²) < 4.78 is 0. The fourth-order valence-corrected chi connectivity index (χ4v) is 4.39. The Labute approximate surface area is 118 Å². The van der Waals surface area contributed by atoms with Crippen LogP contribution < -0.4 is 0 Å². The van der Waals surface area contributed by atoms with E-state index in [-0.39, 0.29) is 6.10 Å². The van der Waals surface area contributed by atoms with Crippen molar-refractivity contribution < 1.29 is 10.1 Å². The molecule has 0 bridgehead atoms. The lowest BCUT2D eigenvalue weighted by molar-refractivity contribution is -0.306. The van der Waals surface area contributed by atoms with E-state index in [1.807, 2.05) is 0 Å². The summed E-state index contributed by atoms with van der Waals surface area (Å²) in [6.45, 7) is 4.63. The monoisotopic (exact) mass is 268 g/mol. The molecule has 0 aromatic heterocycles. The summed E-state index contributed by atoms with van der Waals surface area (Å²) in [5.41, 5.74) is 0. The first-order chi connectivity index (χ1) is 9.24. The van der Waals surface area contributed by atoms with Crippen LogP contribution in [0.2, 0.25) is 0 Å². The summed E-state index contributed by atoms with van der Waals surface area (Å²) >= 11 is 0.